The Morgan fingerprint density at radius 2 is 2.00 bits per heavy atom. The molecule has 1 aromatic carbocycles. The van der Waals surface area contributed by atoms with Crippen LogP contribution in [0, 0.1) is 11.7 Å². The molecule has 2 atom stereocenters. The molecule has 0 saturated heterocycles. The Morgan fingerprint density at radius 1 is 1.34 bits per heavy atom. The number of allylic oxidation sites excluding steroid dienone is 3. The van der Waals surface area contributed by atoms with E-state index in [-0.39, 0.29) is 22.7 Å². The molecule has 0 spiro atoms. The van der Waals surface area contributed by atoms with Gasteiger partial charge in [0.1, 0.15) is 11.9 Å². The molecule has 0 aliphatic carbocycles. The van der Waals surface area contributed by atoms with Crippen LogP contribution in [-0.4, -0.2) is 37.6 Å². The van der Waals surface area contributed by atoms with Crippen LogP contribution in [0.3, 0.4) is 0 Å². The largest absolute Gasteiger partial charge is 0.372 e. The van der Waals surface area contributed by atoms with Crippen LogP contribution < -0.4 is 5.32 Å². The molecule has 1 aliphatic rings. The van der Waals surface area contributed by atoms with Gasteiger partial charge < -0.3 is 15.0 Å². The second-order valence-electron chi connectivity index (χ2n) is 7.59. The van der Waals surface area contributed by atoms with E-state index in [0.717, 1.165) is 22.5 Å². The number of amides is 1. The van der Waals surface area contributed by atoms with Gasteiger partial charge in [-0.05, 0) is 55.0 Å². The molecule has 2 rings (SSSR count). The number of rotatable bonds is 8. The first-order valence-corrected chi connectivity index (χ1v) is 11.3. The Hall–Kier alpha value is -2.37. The van der Waals surface area contributed by atoms with Crippen molar-refractivity contribution < 1.29 is 13.9 Å². The van der Waals surface area contributed by atoms with Gasteiger partial charge in [-0.1, -0.05) is 63.2 Å². The van der Waals surface area contributed by atoms with Crippen molar-refractivity contribution in [2.45, 2.75) is 47.1 Å². The number of carbonyl (C=O) groups excluding carboxylic acids is 1. The highest BCUT2D eigenvalue weighted by atomic mass is 35.5. The van der Waals surface area contributed by atoms with Gasteiger partial charge in [0, 0.05) is 32.1 Å². The summed E-state index contributed by atoms with van der Waals surface area (Å²) in [6, 6.07) is 5.06. The number of halogens is 2. The second kappa shape index (κ2) is 13.2. The van der Waals surface area contributed by atoms with Crippen molar-refractivity contribution >= 4 is 17.5 Å². The summed E-state index contributed by atoms with van der Waals surface area (Å²) in [5.41, 5.74) is 4.42. The molecular formula is C26H36ClFN2O2. The Balaban J connectivity index is 0.00000249. The number of nitrogens with one attached hydrogen (secondary N) is 1. The zero-order valence-corrected chi connectivity index (χ0v) is 21.0. The van der Waals surface area contributed by atoms with E-state index in [1.54, 1.807) is 25.1 Å². The SMILES string of the molecule is C=C1C(C)=CC(CNC(=O)[C@@H](C)OC)=C(/C=C\C(C)Cc2cccc(Cl)c2F)N1C.CC. The molecule has 0 bridgehead atoms. The van der Waals surface area contributed by atoms with Crippen molar-refractivity contribution in [2.24, 2.45) is 5.92 Å². The van der Waals surface area contributed by atoms with Gasteiger partial charge >= 0.3 is 0 Å². The molecule has 176 valence electrons. The third kappa shape index (κ3) is 7.35. The van der Waals surface area contributed by atoms with E-state index in [1.807, 2.05) is 57.9 Å². The van der Waals surface area contributed by atoms with Crippen molar-refractivity contribution in [1.29, 1.82) is 0 Å². The minimum absolute atomic E-state index is 0.0866. The summed E-state index contributed by atoms with van der Waals surface area (Å²) in [6.45, 7) is 14.2. The number of methoxy groups -OCH3 is 1. The van der Waals surface area contributed by atoms with E-state index in [9.17, 15) is 9.18 Å². The molecule has 1 unspecified atom stereocenters. The predicted molar refractivity (Wildman–Crippen MR) is 132 cm³/mol. The van der Waals surface area contributed by atoms with Gasteiger partial charge in [0.05, 0.1) is 5.02 Å². The van der Waals surface area contributed by atoms with Crippen LogP contribution in [0.4, 0.5) is 4.39 Å². The summed E-state index contributed by atoms with van der Waals surface area (Å²) in [4.78, 5) is 14.1. The van der Waals surface area contributed by atoms with Crippen molar-refractivity contribution in [3.63, 3.8) is 0 Å². The zero-order valence-electron chi connectivity index (χ0n) is 20.3. The lowest BCUT2D eigenvalue weighted by molar-refractivity contribution is -0.129. The highest BCUT2D eigenvalue weighted by Crippen LogP contribution is 2.28. The van der Waals surface area contributed by atoms with Gasteiger partial charge in [0.2, 0.25) is 5.91 Å². The quantitative estimate of drug-likeness (QED) is 0.511. The fraction of sp³-hybridized carbons (Fsp3) is 0.423. The van der Waals surface area contributed by atoms with Gasteiger partial charge in [-0.2, -0.15) is 0 Å². The monoisotopic (exact) mass is 462 g/mol. The summed E-state index contributed by atoms with van der Waals surface area (Å²) in [7, 11) is 3.45. The summed E-state index contributed by atoms with van der Waals surface area (Å²) >= 11 is 5.89. The Morgan fingerprint density at radius 3 is 2.62 bits per heavy atom. The fourth-order valence-corrected chi connectivity index (χ4v) is 3.41. The second-order valence-corrected chi connectivity index (χ2v) is 8.00. The number of ether oxygens (including phenoxy) is 1. The van der Waals surface area contributed by atoms with Crippen molar-refractivity contribution in [3.05, 3.63) is 81.9 Å². The molecule has 1 N–H and O–H groups in total. The van der Waals surface area contributed by atoms with Crippen LogP contribution in [0.25, 0.3) is 0 Å². The molecule has 4 nitrogen and oxygen atoms in total. The third-order valence-electron chi connectivity index (χ3n) is 5.27. The van der Waals surface area contributed by atoms with Gasteiger partial charge in [-0.3, -0.25) is 4.79 Å². The van der Waals surface area contributed by atoms with E-state index in [1.165, 1.54) is 7.11 Å². The van der Waals surface area contributed by atoms with E-state index < -0.39 is 6.10 Å². The molecule has 0 aromatic heterocycles. The van der Waals surface area contributed by atoms with E-state index in [4.69, 9.17) is 16.3 Å². The number of hydrogen-bond donors (Lipinski definition) is 1. The maximum absolute atomic E-state index is 14.2. The highest BCUT2D eigenvalue weighted by molar-refractivity contribution is 6.30. The fourth-order valence-electron chi connectivity index (χ4n) is 3.21. The highest BCUT2D eigenvalue weighted by Gasteiger charge is 2.19. The van der Waals surface area contributed by atoms with Gasteiger partial charge in [-0.15, -0.1) is 0 Å². The minimum Gasteiger partial charge on any atom is -0.372 e. The van der Waals surface area contributed by atoms with Crippen LogP contribution in [0.5, 0.6) is 0 Å². The number of likely N-dealkylation sites (N-methyl/N-ethyl adjacent to an activating group) is 1. The normalized spacial score (nSPS) is 15.8. The maximum atomic E-state index is 14.2. The van der Waals surface area contributed by atoms with Crippen molar-refractivity contribution in [1.82, 2.24) is 10.2 Å². The molecule has 0 radical (unpaired) electrons. The molecule has 1 heterocycles. The Kier molecular flexibility index (Phi) is 11.4. The van der Waals surface area contributed by atoms with Crippen molar-refractivity contribution in [2.75, 3.05) is 20.7 Å². The first kappa shape index (κ1) is 27.7. The predicted octanol–water partition coefficient (Wildman–Crippen LogP) is 6.05. The van der Waals surface area contributed by atoms with Gasteiger partial charge in [-0.25, -0.2) is 4.39 Å². The standard InChI is InChI=1S/C24H30ClFN2O2.C2H6/c1-15(12-19-8-7-9-21(25)23(19)26)10-11-22-20(13-16(2)17(3)28(22)5)14-27-24(29)18(4)30-6;1-2/h7-11,13,15,18H,3,12,14H2,1-2,4-6H3,(H,27,29);1-2H3/b11-10-;/t15?,18-;/m1./s1. The van der Waals surface area contributed by atoms with Crippen molar-refractivity contribution in [3.8, 4) is 0 Å². The summed E-state index contributed by atoms with van der Waals surface area (Å²) in [5, 5.41) is 3.05. The van der Waals surface area contributed by atoms with Crippen LogP contribution in [-0.2, 0) is 16.0 Å². The van der Waals surface area contributed by atoms with E-state index >= 15 is 0 Å². The lowest BCUT2D eigenvalue weighted by Crippen LogP contribution is -2.36. The lowest BCUT2D eigenvalue weighted by atomic mass is 9.97. The minimum atomic E-state index is -0.515. The first-order chi connectivity index (χ1) is 15.1. The molecule has 1 amide bonds. The summed E-state index contributed by atoms with van der Waals surface area (Å²) in [6.07, 6.45) is 6.09. The molecule has 6 heteroatoms. The zero-order chi connectivity index (χ0) is 24.4. The Bertz CT molecular complexity index is 905. The van der Waals surface area contributed by atoms with Gasteiger partial charge in [0.15, 0.2) is 0 Å². The van der Waals surface area contributed by atoms with Crippen LogP contribution in [0.1, 0.15) is 40.2 Å². The van der Waals surface area contributed by atoms with Crippen LogP contribution >= 0.6 is 11.6 Å². The average molecular weight is 463 g/mol. The number of hydrogen-bond acceptors (Lipinski definition) is 3. The third-order valence-corrected chi connectivity index (χ3v) is 5.57. The maximum Gasteiger partial charge on any atom is 0.249 e. The first-order valence-electron chi connectivity index (χ1n) is 10.9. The number of nitrogens with zero attached hydrogens (tertiary/aromatic N) is 1. The number of carbonyl (C=O) groups is 1. The smallest absolute Gasteiger partial charge is 0.249 e. The Labute approximate surface area is 197 Å². The summed E-state index contributed by atoms with van der Waals surface area (Å²) in [5.74, 6) is -0.448. The van der Waals surface area contributed by atoms with Gasteiger partial charge in [0.25, 0.3) is 0 Å². The van der Waals surface area contributed by atoms with Crippen LogP contribution in [0.2, 0.25) is 5.02 Å². The molecular weight excluding hydrogens is 427 g/mol. The average Bonchev–Trinajstić information content (AvgIpc) is 2.79. The van der Waals surface area contributed by atoms with Crippen LogP contribution in [0.15, 0.2) is 65.5 Å². The summed E-state index contributed by atoms with van der Waals surface area (Å²) < 4.78 is 19.3. The molecule has 0 fully saturated rings. The molecule has 0 saturated carbocycles. The molecule has 1 aromatic rings. The topological polar surface area (TPSA) is 41.6 Å². The molecule has 1 aliphatic heterocycles. The van der Waals surface area contributed by atoms with E-state index in [2.05, 4.69) is 11.9 Å². The molecule has 32 heavy (non-hydrogen) atoms. The number of benzene rings is 1. The van der Waals surface area contributed by atoms with E-state index in [0.29, 0.717) is 18.5 Å². The lowest BCUT2D eigenvalue weighted by Gasteiger charge is -2.30.